The van der Waals surface area contributed by atoms with Crippen LogP contribution in [0.4, 0.5) is 0 Å². The van der Waals surface area contributed by atoms with Gasteiger partial charge in [-0.1, -0.05) is 74.3 Å². The fourth-order valence-electron chi connectivity index (χ4n) is 3.19. The number of nitrogens with one attached hydrogen (secondary N) is 1. The highest BCUT2D eigenvalue weighted by Gasteiger charge is 2.26. The van der Waals surface area contributed by atoms with Gasteiger partial charge in [0.2, 0.25) is 5.88 Å². The molecule has 10 heteroatoms. The number of carboxylic acid groups (broad SMARTS) is 1. The highest BCUT2D eigenvalue weighted by Crippen LogP contribution is 2.29. The van der Waals surface area contributed by atoms with Crippen LogP contribution in [0, 0.1) is 5.41 Å². The molecule has 186 valence electrons. The molecule has 35 heavy (non-hydrogen) atoms. The van der Waals surface area contributed by atoms with Crippen LogP contribution in [0.2, 0.25) is 10.0 Å². The Hall–Kier alpha value is -3.07. The molecule has 3 rings (SSSR count). The molecule has 0 aliphatic carbocycles. The monoisotopic (exact) mass is 519 g/mol. The van der Waals surface area contributed by atoms with Gasteiger partial charge in [0.1, 0.15) is 6.61 Å². The summed E-state index contributed by atoms with van der Waals surface area (Å²) in [6, 6.07) is 14.1. The highest BCUT2D eigenvalue weighted by atomic mass is 35.5. The van der Waals surface area contributed by atoms with Crippen LogP contribution in [0.5, 0.6) is 5.88 Å². The molecule has 2 atom stereocenters. The first kappa shape index (κ1) is 26.5. The minimum atomic E-state index is -1.10. The number of carbonyl (C=O) groups is 2. The van der Waals surface area contributed by atoms with E-state index < -0.39 is 29.4 Å². The summed E-state index contributed by atoms with van der Waals surface area (Å²) in [5, 5.41) is 27.5. The van der Waals surface area contributed by atoms with Crippen LogP contribution in [-0.4, -0.2) is 44.6 Å². The topological polar surface area (TPSA) is 114 Å². The summed E-state index contributed by atoms with van der Waals surface area (Å²) in [7, 11) is 0. The van der Waals surface area contributed by atoms with Gasteiger partial charge in [0, 0.05) is 11.1 Å². The molecule has 0 aliphatic heterocycles. The van der Waals surface area contributed by atoms with Gasteiger partial charge >= 0.3 is 5.97 Å². The molecule has 8 nitrogen and oxygen atoms in total. The molecule has 0 aliphatic rings. The number of carboxylic acids is 1. The normalized spacial score (nSPS) is 13.2. The van der Waals surface area contributed by atoms with E-state index >= 15 is 0 Å². The SMILES string of the molecule is CC(C)(C)[C@@H](O)COc1cc(C(=O)N[C@@H](CC(=O)O)c2ccccc2Cl)nn1-c1ccccc1Cl. The number of aromatic nitrogens is 2. The zero-order chi connectivity index (χ0) is 25.8. The van der Waals surface area contributed by atoms with E-state index in [-0.39, 0.29) is 24.6 Å². The summed E-state index contributed by atoms with van der Waals surface area (Å²) >= 11 is 12.6. The van der Waals surface area contributed by atoms with E-state index in [0.717, 1.165) is 0 Å². The zero-order valence-electron chi connectivity index (χ0n) is 19.5. The molecular weight excluding hydrogens is 493 g/mol. The van der Waals surface area contributed by atoms with E-state index in [9.17, 15) is 19.8 Å². The molecule has 3 N–H and O–H groups in total. The molecular formula is C25H27Cl2N3O5. The van der Waals surface area contributed by atoms with Gasteiger partial charge in [0.25, 0.3) is 5.91 Å². The Kier molecular flexibility index (Phi) is 8.43. The number of para-hydroxylation sites is 1. The third kappa shape index (κ3) is 6.75. The molecule has 0 unspecified atom stereocenters. The van der Waals surface area contributed by atoms with Gasteiger partial charge in [-0.15, -0.1) is 0 Å². The van der Waals surface area contributed by atoms with E-state index in [2.05, 4.69) is 10.4 Å². The fraction of sp³-hybridized carbons (Fsp3) is 0.320. The van der Waals surface area contributed by atoms with Crippen molar-refractivity contribution in [2.24, 2.45) is 5.41 Å². The smallest absolute Gasteiger partial charge is 0.305 e. The van der Waals surface area contributed by atoms with E-state index in [1.165, 1.54) is 10.7 Å². The Balaban J connectivity index is 1.94. The van der Waals surface area contributed by atoms with Gasteiger partial charge in [-0.3, -0.25) is 9.59 Å². The molecule has 3 aromatic rings. The predicted molar refractivity (Wildman–Crippen MR) is 133 cm³/mol. The molecule has 0 spiro atoms. The van der Waals surface area contributed by atoms with Gasteiger partial charge in [0.05, 0.1) is 29.3 Å². The molecule has 0 saturated heterocycles. The van der Waals surface area contributed by atoms with Gasteiger partial charge < -0.3 is 20.3 Å². The number of rotatable bonds is 9. The Morgan fingerprint density at radius 2 is 1.71 bits per heavy atom. The molecule has 0 fully saturated rings. The lowest BCUT2D eigenvalue weighted by molar-refractivity contribution is -0.137. The van der Waals surface area contributed by atoms with Crippen LogP contribution >= 0.6 is 23.2 Å². The maximum Gasteiger partial charge on any atom is 0.305 e. The van der Waals surface area contributed by atoms with Crippen molar-refractivity contribution in [3.63, 3.8) is 0 Å². The lowest BCUT2D eigenvalue weighted by Gasteiger charge is -2.25. The number of nitrogens with zero attached hydrogens (tertiary/aromatic N) is 2. The summed E-state index contributed by atoms with van der Waals surface area (Å²) in [5.74, 6) is -1.53. The second-order valence-corrected chi connectivity index (χ2v) is 9.88. The van der Waals surface area contributed by atoms with Gasteiger partial charge in [0.15, 0.2) is 5.69 Å². The van der Waals surface area contributed by atoms with Crippen molar-refractivity contribution in [3.05, 3.63) is 75.9 Å². The number of hydrogen-bond donors (Lipinski definition) is 3. The Morgan fingerprint density at radius 3 is 2.31 bits per heavy atom. The average molecular weight is 520 g/mol. The highest BCUT2D eigenvalue weighted by molar-refractivity contribution is 6.32. The zero-order valence-corrected chi connectivity index (χ0v) is 21.0. The van der Waals surface area contributed by atoms with Crippen LogP contribution in [0.15, 0.2) is 54.6 Å². The van der Waals surface area contributed by atoms with Crippen molar-refractivity contribution < 1.29 is 24.5 Å². The van der Waals surface area contributed by atoms with Crippen molar-refractivity contribution in [1.82, 2.24) is 15.1 Å². The molecule has 1 heterocycles. The first-order valence-corrected chi connectivity index (χ1v) is 11.7. The largest absolute Gasteiger partial charge is 0.481 e. The number of amides is 1. The van der Waals surface area contributed by atoms with Crippen molar-refractivity contribution in [1.29, 1.82) is 0 Å². The number of aliphatic hydroxyl groups excluding tert-OH is 1. The van der Waals surface area contributed by atoms with Crippen LogP contribution in [0.3, 0.4) is 0 Å². The Morgan fingerprint density at radius 1 is 1.09 bits per heavy atom. The van der Waals surface area contributed by atoms with Crippen LogP contribution in [0.1, 0.15) is 49.3 Å². The van der Waals surface area contributed by atoms with Gasteiger partial charge in [-0.25, -0.2) is 0 Å². The molecule has 1 aromatic heterocycles. The maximum atomic E-state index is 13.1. The molecule has 0 saturated carbocycles. The minimum Gasteiger partial charge on any atom is -0.481 e. The number of halogens is 2. The van der Waals surface area contributed by atoms with Crippen molar-refractivity contribution >= 4 is 35.1 Å². The quantitative estimate of drug-likeness (QED) is 0.370. The molecule has 2 aromatic carbocycles. The van der Waals surface area contributed by atoms with Crippen molar-refractivity contribution in [2.75, 3.05) is 6.61 Å². The second kappa shape index (κ2) is 11.1. The van der Waals surface area contributed by atoms with Crippen molar-refractivity contribution in [2.45, 2.75) is 39.3 Å². The van der Waals surface area contributed by atoms with Crippen LogP contribution in [0.25, 0.3) is 5.69 Å². The maximum absolute atomic E-state index is 13.1. The lowest BCUT2D eigenvalue weighted by atomic mass is 9.90. The molecule has 1 amide bonds. The third-order valence-electron chi connectivity index (χ3n) is 5.34. The number of carbonyl (C=O) groups excluding carboxylic acids is 1. The van der Waals surface area contributed by atoms with Crippen LogP contribution in [-0.2, 0) is 4.79 Å². The summed E-state index contributed by atoms with van der Waals surface area (Å²) in [6.07, 6.45) is -1.16. The Bertz CT molecular complexity index is 1210. The first-order chi connectivity index (χ1) is 16.5. The molecule has 0 bridgehead atoms. The summed E-state index contributed by atoms with van der Waals surface area (Å²) in [6.45, 7) is 5.59. The number of benzene rings is 2. The molecule has 0 radical (unpaired) electrons. The van der Waals surface area contributed by atoms with E-state index in [4.69, 9.17) is 27.9 Å². The number of aliphatic hydroxyl groups is 1. The minimum absolute atomic E-state index is 0.0207. The van der Waals surface area contributed by atoms with E-state index in [1.54, 1.807) is 48.5 Å². The summed E-state index contributed by atoms with van der Waals surface area (Å²) < 4.78 is 7.20. The standard InChI is InChI=1S/C25H27Cl2N3O5/c1-25(2,3)21(31)14-35-22-12-19(29-30(22)20-11-7-6-10-17(20)27)24(34)28-18(13-23(32)33)15-8-4-5-9-16(15)26/h4-12,18,21,31H,13-14H2,1-3H3,(H,28,34)(H,32,33)/t18-,21-/m0/s1. The lowest BCUT2D eigenvalue weighted by Crippen LogP contribution is -2.32. The third-order valence-corrected chi connectivity index (χ3v) is 6.01. The summed E-state index contributed by atoms with van der Waals surface area (Å²) in [5.41, 5.74) is 0.503. The number of aliphatic carboxylic acids is 1. The summed E-state index contributed by atoms with van der Waals surface area (Å²) in [4.78, 5) is 24.6. The van der Waals surface area contributed by atoms with Gasteiger partial charge in [-0.2, -0.15) is 9.78 Å². The van der Waals surface area contributed by atoms with Gasteiger partial charge in [-0.05, 0) is 29.2 Å². The number of ether oxygens (including phenoxy) is 1. The van der Waals surface area contributed by atoms with E-state index in [0.29, 0.717) is 21.3 Å². The van der Waals surface area contributed by atoms with Crippen LogP contribution < -0.4 is 10.1 Å². The fourth-order valence-corrected chi connectivity index (χ4v) is 3.67. The van der Waals surface area contributed by atoms with Crippen molar-refractivity contribution in [3.8, 4) is 11.6 Å². The number of hydrogen-bond acceptors (Lipinski definition) is 5. The average Bonchev–Trinajstić information content (AvgIpc) is 3.21. The first-order valence-electron chi connectivity index (χ1n) is 10.9. The predicted octanol–water partition coefficient (Wildman–Crippen LogP) is 4.91. The van der Waals surface area contributed by atoms with E-state index in [1.807, 2.05) is 20.8 Å². The second-order valence-electron chi connectivity index (χ2n) is 9.07. The Labute approximate surface area is 213 Å².